The fourth-order valence-corrected chi connectivity index (χ4v) is 2.40. The first-order valence-electron chi connectivity index (χ1n) is 5.24. The molecule has 0 aliphatic carbocycles. The van der Waals surface area contributed by atoms with Gasteiger partial charge in [0.25, 0.3) is 10.0 Å². The maximum absolute atomic E-state index is 11.9. The summed E-state index contributed by atoms with van der Waals surface area (Å²) in [4.78, 5) is 10.4. The monoisotopic (exact) mass is 259 g/mol. The highest BCUT2D eigenvalue weighted by Crippen LogP contribution is 2.21. The van der Waals surface area contributed by atoms with Gasteiger partial charge in [0.1, 0.15) is 0 Å². The van der Waals surface area contributed by atoms with Crippen molar-refractivity contribution >= 4 is 16.3 Å². The van der Waals surface area contributed by atoms with Crippen molar-refractivity contribution in [2.24, 2.45) is 5.41 Å². The van der Waals surface area contributed by atoms with Crippen LogP contribution in [0, 0.1) is 5.41 Å². The van der Waals surface area contributed by atoms with Crippen LogP contribution in [0.3, 0.4) is 0 Å². The summed E-state index contributed by atoms with van der Waals surface area (Å²) in [7, 11) is -3.71. The lowest BCUT2D eigenvalue weighted by Crippen LogP contribution is -2.41. The van der Waals surface area contributed by atoms with E-state index in [4.69, 9.17) is 4.42 Å². The molecule has 0 spiro atoms. The van der Waals surface area contributed by atoms with Crippen molar-refractivity contribution in [3.05, 3.63) is 17.9 Å². The fourth-order valence-electron chi connectivity index (χ4n) is 1.01. The first-order chi connectivity index (χ1) is 7.66. The second-order valence-electron chi connectivity index (χ2n) is 4.98. The molecule has 1 aromatic heterocycles. The molecule has 0 saturated carbocycles. The lowest BCUT2D eigenvalue weighted by molar-refractivity contribution is 0.109. The summed E-state index contributed by atoms with van der Waals surface area (Å²) in [5.74, 6) is -0.00575. The minimum Gasteiger partial charge on any atom is -0.440 e. The van der Waals surface area contributed by atoms with Crippen LogP contribution in [0.4, 0.5) is 0 Å². The van der Waals surface area contributed by atoms with Crippen LogP contribution in [0.2, 0.25) is 0 Å². The molecule has 1 heterocycles. The summed E-state index contributed by atoms with van der Waals surface area (Å²) in [6, 6.07) is 2.34. The van der Waals surface area contributed by atoms with Gasteiger partial charge in [-0.15, -0.1) is 0 Å². The average molecular weight is 259 g/mol. The third-order valence-electron chi connectivity index (χ3n) is 2.61. The van der Waals surface area contributed by atoms with Gasteiger partial charge in [-0.05, 0) is 24.5 Å². The molecule has 1 rings (SSSR count). The highest BCUT2D eigenvalue weighted by atomic mass is 32.2. The molecule has 6 heteroatoms. The Hall–Kier alpha value is -1.14. The topological polar surface area (TPSA) is 76.4 Å². The number of carbonyl (C=O) groups is 1. The zero-order chi connectivity index (χ0) is 13.3. The van der Waals surface area contributed by atoms with Crippen molar-refractivity contribution in [2.75, 3.05) is 0 Å². The number of carbonyl (C=O) groups excluding carboxylic acids is 1. The summed E-state index contributed by atoms with van der Waals surface area (Å²) in [6.45, 7) is 7.57. The molecule has 0 bridgehead atoms. The zero-order valence-electron chi connectivity index (χ0n) is 10.4. The molecule has 1 unspecified atom stereocenters. The summed E-state index contributed by atoms with van der Waals surface area (Å²) >= 11 is 0. The van der Waals surface area contributed by atoms with Gasteiger partial charge in [0.15, 0.2) is 12.0 Å². The SMILES string of the molecule is CC(NS(=O)(=O)c1ccc(C=O)o1)C(C)(C)C. The molecule has 0 aromatic carbocycles. The summed E-state index contributed by atoms with van der Waals surface area (Å²) < 4.78 is 31.2. The smallest absolute Gasteiger partial charge is 0.274 e. The Balaban J connectivity index is 2.93. The van der Waals surface area contributed by atoms with Gasteiger partial charge in [-0.1, -0.05) is 20.8 Å². The molecule has 0 saturated heterocycles. The van der Waals surface area contributed by atoms with Crippen LogP contribution >= 0.6 is 0 Å². The lowest BCUT2D eigenvalue weighted by atomic mass is 9.89. The number of furan rings is 1. The van der Waals surface area contributed by atoms with Gasteiger partial charge in [0.2, 0.25) is 5.09 Å². The van der Waals surface area contributed by atoms with E-state index in [0.29, 0.717) is 6.29 Å². The third kappa shape index (κ3) is 3.41. The van der Waals surface area contributed by atoms with Crippen molar-refractivity contribution in [3.63, 3.8) is 0 Å². The number of nitrogens with one attached hydrogen (secondary N) is 1. The first-order valence-corrected chi connectivity index (χ1v) is 6.72. The van der Waals surface area contributed by atoms with Gasteiger partial charge in [-0.3, -0.25) is 4.79 Å². The average Bonchev–Trinajstić information content (AvgIpc) is 2.64. The van der Waals surface area contributed by atoms with Crippen molar-refractivity contribution in [2.45, 2.75) is 38.8 Å². The highest BCUT2D eigenvalue weighted by Gasteiger charge is 2.27. The third-order valence-corrected chi connectivity index (χ3v) is 4.03. The molecule has 0 aliphatic rings. The molecule has 0 fully saturated rings. The second-order valence-corrected chi connectivity index (χ2v) is 6.63. The molecule has 0 radical (unpaired) electrons. The molecule has 1 N–H and O–H groups in total. The maximum Gasteiger partial charge on any atom is 0.274 e. The van der Waals surface area contributed by atoms with Gasteiger partial charge in [-0.2, -0.15) is 0 Å². The Kier molecular flexibility index (Phi) is 3.78. The van der Waals surface area contributed by atoms with Gasteiger partial charge in [-0.25, -0.2) is 13.1 Å². The van der Waals surface area contributed by atoms with Gasteiger partial charge < -0.3 is 4.42 Å². The summed E-state index contributed by atoms with van der Waals surface area (Å²) in [5.41, 5.74) is -0.201. The number of hydrogen-bond donors (Lipinski definition) is 1. The Morgan fingerprint density at radius 1 is 1.35 bits per heavy atom. The molecule has 17 heavy (non-hydrogen) atoms. The van der Waals surface area contributed by atoms with Crippen molar-refractivity contribution in [1.82, 2.24) is 4.72 Å². The fraction of sp³-hybridized carbons (Fsp3) is 0.545. The van der Waals surface area contributed by atoms with E-state index in [2.05, 4.69) is 4.72 Å². The van der Waals surface area contributed by atoms with Crippen LogP contribution in [-0.2, 0) is 10.0 Å². The van der Waals surface area contributed by atoms with Crippen LogP contribution < -0.4 is 4.72 Å². The molecule has 0 aliphatic heterocycles. The lowest BCUT2D eigenvalue weighted by Gasteiger charge is -2.27. The quantitative estimate of drug-likeness (QED) is 0.836. The van der Waals surface area contributed by atoms with Crippen LogP contribution in [0.5, 0.6) is 0 Å². The molecular formula is C11H17NO4S. The van der Waals surface area contributed by atoms with E-state index < -0.39 is 10.0 Å². The van der Waals surface area contributed by atoms with Crippen molar-refractivity contribution in [1.29, 1.82) is 0 Å². The maximum atomic E-state index is 11.9. The van der Waals surface area contributed by atoms with E-state index >= 15 is 0 Å². The van der Waals surface area contributed by atoms with Crippen molar-refractivity contribution < 1.29 is 17.6 Å². The van der Waals surface area contributed by atoms with Crippen LogP contribution in [0.25, 0.3) is 0 Å². The standard InChI is InChI=1S/C11H17NO4S/c1-8(11(2,3)4)12-17(14,15)10-6-5-9(7-13)16-10/h5-8,12H,1-4H3. The molecule has 1 atom stereocenters. The summed E-state index contributed by atoms with van der Waals surface area (Å²) in [5, 5.41) is -0.240. The highest BCUT2D eigenvalue weighted by molar-refractivity contribution is 7.89. The van der Waals surface area contributed by atoms with Gasteiger partial charge in [0.05, 0.1) is 0 Å². The van der Waals surface area contributed by atoms with E-state index in [9.17, 15) is 13.2 Å². The van der Waals surface area contributed by atoms with E-state index in [1.807, 2.05) is 20.8 Å². The minimum atomic E-state index is -3.71. The second kappa shape index (κ2) is 4.62. The largest absolute Gasteiger partial charge is 0.440 e. The van der Waals surface area contributed by atoms with Gasteiger partial charge in [0, 0.05) is 6.04 Å². The first kappa shape index (κ1) is 13.9. The molecule has 0 amide bonds. The van der Waals surface area contributed by atoms with E-state index in [0.717, 1.165) is 0 Å². The minimum absolute atomic E-state index is 0.00575. The molecule has 5 nitrogen and oxygen atoms in total. The number of hydrogen-bond acceptors (Lipinski definition) is 4. The molecule has 96 valence electrons. The Morgan fingerprint density at radius 3 is 2.35 bits per heavy atom. The zero-order valence-corrected chi connectivity index (χ0v) is 11.2. The molecule has 1 aromatic rings. The molecular weight excluding hydrogens is 242 g/mol. The van der Waals surface area contributed by atoms with E-state index in [1.165, 1.54) is 12.1 Å². The van der Waals surface area contributed by atoms with E-state index in [-0.39, 0.29) is 22.3 Å². The van der Waals surface area contributed by atoms with Crippen LogP contribution in [0.1, 0.15) is 38.2 Å². The normalized spacial score (nSPS) is 14.6. The van der Waals surface area contributed by atoms with E-state index in [1.54, 1.807) is 6.92 Å². The summed E-state index contributed by atoms with van der Waals surface area (Å²) in [6.07, 6.45) is 0.464. The number of sulfonamides is 1. The van der Waals surface area contributed by atoms with Crippen LogP contribution in [0.15, 0.2) is 21.6 Å². The predicted molar refractivity (Wildman–Crippen MR) is 63.3 cm³/mol. The van der Waals surface area contributed by atoms with Crippen molar-refractivity contribution in [3.8, 4) is 0 Å². The predicted octanol–water partition coefficient (Wildman–Crippen LogP) is 1.81. The number of aldehydes is 1. The Labute approximate surface area is 101 Å². The Morgan fingerprint density at radius 2 is 1.94 bits per heavy atom. The van der Waals surface area contributed by atoms with Crippen LogP contribution in [-0.4, -0.2) is 20.7 Å². The number of rotatable bonds is 4. The Bertz CT molecular complexity index is 496. The van der Waals surface area contributed by atoms with Gasteiger partial charge >= 0.3 is 0 Å².